The molecule has 1 unspecified atom stereocenters. The Morgan fingerprint density at radius 1 is 1.71 bits per heavy atom. The third-order valence-corrected chi connectivity index (χ3v) is 2.36. The number of methoxy groups -OCH3 is 1. The smallest absolute Gasteiger partial charge is 0.333 e. The number of H-pyrrole nitrogens is 1. The lowest BCUT2D eigenvalue weighted by atomic mass is 9.81. The van der Waals surface area contributed by atoms with Gasteiger partial charge in [0.05, 0.1) is 6.20 Å². The van der Waals surface area contributed by atoms with Crippen molar-refractivity contribution in [2.75, 3.05) is 7.11 Å². The first-order valence-corrected chi connectivity index (χ1v) is 4.25. The van der Waals surface area contributed by atoms with Crippen molar-refractivity contribution in [2.24, 2.45) is 0 Å². The van der Waals surface area contributed by atoms with Crippen LogP contribution in [0.3, 0.4) is 0 Å². The first kappa shape index (κ1) is 10.7. The molecule has 1 heterocycles. The second kappa shape index (κ2) is 3.79. The third-order valence-electron chi connectivity index (χ3n) is 2.36. The van der Waals surface area contributed by atoms with Crippen LogP contribution in [-0.2, 0) is 14.9 Å². The van der Waals surface area contributed by atoms with Crippen molar-refractivity contribution < 1.29 is 14.6 Å². The van der Waals surface area contributed by atoms with Crippen LogP contribution in [0.4, 0.5) is 0 Å². The van der Waals surface area contributed by atoms with Crippen molar-refractivity contribution in [1.29, 1.82) is 0 Å². The minimum absolute atomic E-state index is 0.604. The van der Waals surface area contributed by atoms with E-state index in [1.165, 1.54) is 7.11 Å². The predicted molar refractivity (Wildman–Crippen MR) is 50.0 cm³/mol. The molecule has 0 aliphatic carbocycles. The maximum atomic E-state index is 10.9. The molecular weight excluding hydrogens is 184 g/mol. The lowest BCUT2D eigenvalue weighted by Gasteiger charge is -2.29. The molecule has 14 heavy (non-hydrogen) atoms. The number of nitrogens with one attached hydrogen (secondary N) is 1. The SMILES string of the molecule is COC(C(=O)O)C(C)(C)c1cn[nH]c1. The van der Waals surface area contributed by atoms with Crippen molar-refractivity contribution >= 4 is 5.97 Å². The number of carboxylic acids is 1. The van der Waals surface area contributed by atoms with Gasteiger partial charge in [-0.3, -0.25) is 5.10 Å². The number of aromatic amines is 1. The van der Waals surface area contributed by atoms with Crippen LogP contribution in [0.2, 0.25) is 0 Å². The van der Waals surface area contributed by atoms with Gasteiger partial charge in [0.25, 0.3) is 0 Å². The second-order valence-corrected chi connectivity index (χ2v) is 3.66. The molecule has 0 saturated carbocycles. The Morgan fingerprint density at radius 3 is 2.71 bits per heavy atom. The van der Waals surface area contributed by atoms with E-state index in [9.17, 15) is 4.79 Å². The summed E-state index contributed by atoms with van der Waals surface area (Å²) >= 11 is 0. The molecule has 0 aliphatic rings. The van der Waals surface area contributed by atoms with E-state index in [0.29, 0.717) is 0 Å². The molecule has 0 aliphatic heterocycles. The summed E-state index contributed by atoms with van der Waals surface area (Å²) < 4.78 is 4.96. The third kappa shape index (κ3) is 1.77. The first-order chi connectivity index (χ1) is 6.50. The zero-order valence-corrected chi connectivity index (χ0v) is 8.44. The zero-order valence-electron chi connectivity index (χ0n) is 8.44. The Balaban J connectivity index is 2.99. The largest absolute Gasteiger partial charge is 0.479 e. The standard InChI is InChI=1S/C9H14N2O3/c1-9(2,6-4-10-11-5-6)7(14-3)8(12)13/h4-5,7H,1-3H3,(H,10,11)(H,12,13). The molecule has 0 fully saturated rings. The fraction of sp³-hybridized carbons (Fsp3) is 0.556. The molecule has 1 aromatic rings. The van der Waals surface area contributed by atoms with Gasteiger partial charge >= 0.3 is 5.97 Å². The Labute approximate surface area is 82.1 Å². The number of nitrogens with zero attached hydrogens (tertiary/aromatic N) is 1. The van der Waals surface area contributed by atoms with Gasteiger partial charge in [0.2, 0.25) is 0 Å². The van der Waals surface area contributed by atoms with Crippen molar-refractivity contribution in [3.8, 4) is 0 Å². The summed E-state index contributed by atoms with van der Waals surface area (Å²) in [6, 6.07) is 0. The Bertz CT molecular complexity index is 306. The molecule has 78 valence electrons. The van der Waals surface area contributed by atoms with E-state index in [4.69, 9.17) is 9.84 Å². The van der Waals surface area contributed by atoms with Crippen LogP contribution in [0.15, 0.2) is 12.4 Å². The molecule has 0 radical (unpaired) electrons. The van der Waals surface area contributed by atoms with Crippen LogP contribution in [-0.4, -0.2) is 34.5 Å². The molecule has 5 nitrogen and oxygen atoms in total. The van der Waals surface area contributed by atoms with Crippen LogP contribution in [0.1, 0.15) is 19.4 Å². The number of aliphatic carboxylic acids is 1. The van der Waals surface area contributed by atoms with Crippen molar-refractivity contribution in [2.45, 2.75) is 25.4 Å². The van der Waals surface area contributed by atoms with Gasteiger partial charge in [-0.1, -0.05) is 13.8 Å². The van der Waals surface area contributed by atoms with Gasteiger partial charge in [-0.05, 0) is 5.56 Å². The highest BCUT2D eigenvalue weighted by Crippen LogP contribution is 2.28. The van der Waals surface area contributed by atoms with Crippen LogP contribution in [0, 0.1) is 0 Å². The van der Waals surface area contributed by atoms with Crippen LogP contribution in [0.25, 0.3) is 0 Å². The molecule has 0 bridgehead atoms. The lowest BCUT2D eigenvalue weighted by molar-refractivity contribution is -0.152. The van der Waals surface area contributed by atoms with Gasteiger partial charge in [-0.2, -0.15) is 5.10 Å². The fourth-order valence-corrected chi connectivity index (χ4v) is 1.46. The number of carbonyl (C=O) groups is 1. The highest BCUT2D eigenvalue weighted by Gasteiger charge is 2.37. The zero-order chi connectivity index (χ0) is 10.8. The Kier molecular flexibility index (Phi) is 2.90. The van der Waals surface area contributed by atoms with Crippen LogP contribution >= 0.6 is 0 Å². The molecule has 1 rings (SSSR count). The highest BCUT2D eigenvalue weighted by atomic mass is 16.5. The fourth-order valence-electron chi connectivity index (χ4n) is 1.46. The maximum Gasteiger partial charge on any atom is 0.333 e. The van der Waals surface area contributed by atoms with E-state index in [0.717, 1.165) is 5.56 Å². The number of hydrogen-bond donors (Lipinski definition) is 2. The minimum Gasteiger partial charge on any atom is -0.479 e. The number of hydrogen-bond acceptors (Lipinski definition) is 3. The summed E-state index contributed by atoms with van der Waals surface area (Å²) in [4.78, 5) is 10.9. The lowest BCUT2D eigenvalue weighted by Crippen LogP contribution is -2.41. The summed E-state index contributed by atoms with van der Waals surface area (Å²) in [6.45, 7) is 3.61. The molecule has 1 atom stereocenters. The second-order valence-electron chi connectivity index (χ2n) is 3.66. The summed E-state index contributed by atoms with van der Waals surface area (Å²) in [7, 11) is 1.39. The molecule has 0 amide bonds. The Morgan fingerprint density at radius 2 is 2.36 bits per heavy atom. The predicted octanol–water partition coefficient (Wildman–Crippen LogP) is 0.787. The van der Waals surface area contributed by atoms with Gasteiger partial charge in [-0.15, -0.1) is 0 Å². The first-order valence-electron chi connectivity index (χ1n) is 4.25. The van der Waals surface area contributed by atoms with Crippen molar-refractivity contribution in [3.63, 3.8) is 0 Å². The number of ether oxygens (including phenoxy) is 1. The molecule has 0 spiro atoms. The van der Waals surface area contributed by atoms with Crippen molar-refractivity contribution in [1.82, 2.24) is 10.2 Å². The maximum absolute atomic E-state index is 10.9. The van der Waals surface area contributed by atoms with E-state index in [1.807, 2.05) is 0 Å². The van der Waals surface area contributed by atoms with Crippen LogP contribution < -0.4 is 0 Å². The van der Waals surface area contributed by atoms with Gasteiger partial charge in [0.15, 0.2) is 6.10 Å². The van der Waals surface area contributed by atoms with Crippen molar-refractivity contribution in [3.05, 3.63) is 18.0 Å². The summed E-state index contributed by atoms with van der Waals surface area (Å²) in [5.74, 6) is -0.973. The van der Waals surface area contributed by atoms with E-state index in [-0.39, 0.29) is 0 Å². The molecular formula is C9H14N2O3. The summed E-state index contributed by atoms with van der Waals surface area (Å²) in [6.07, 6.45) is 2.41. The molecule has 1 aromatic heterocycles. The van der Waals surface area contributed by atoms with E-state index in [2.05, 4.69) is 10.2 Å². The molecule has 0 saturated heterocycles. The topological polar surface area (TPSA) is 75.2 Å². The normalized spacial score (nSPS) is 13.9. The van der Waals surface area contributed by atoms with Gasteiger partial charge in [-0.25, -0.2) is 4.79 Å². The van der Waals surface area contributed by atoms with Gasteiger partial charge in [0, 0.05) is 18.7 Å². The van der Waals surface area contributed by atoms with Gasteiger partial charge < -0.3 is 9.84 Å². The monoisotopic (exact) mass is 198 g/mol. The average molecular weight is 198 g/mol. The molecule has 5 heteroatoms. The Hall–Kier alpha value is -1.36. The minimum atomic E-state index is -0.973. The van der Waals surface area contributed by atoms with E-state index < -0.39 is 17.5 Å². The quantitative estimate of drug-likeness (QED) is 0.749. The number of carboxylic acid groups (broad SMARTS) is 1. The molecule has 2 N–H and O–H groups in total. The van der Waals surface area contributed by atoms with E-state index in [1.54, 1.807) is 26.2 Å². The summed E-state index contributed by atoms with van der Waals surface area (Å²) in [5, 5.41) is 15.4. The number of aromatic nitrogens is 2. The summed E-state index contributed by atoms with van der Waals surface area (Å²) in [5.41, 5.74) is 0.208. The van der Waals surface area contributed by atoms with Gasteiger partial charge in [0.1, 0.15) is 0 Å². The molecule has 0 aromatic carbocycles. The average Bonchev–Trinajstić information content (AvgIpc) is 2.55. The van der Waals surface area contributed by atoms with E-state index >= 15 is 0 Å². The van der Waals surface area contributed by atoms with Crippen LogP contribution in [0.5, 0.6) is 0 Å². The number of rotatable bonds is 4. The highest BCUT2D eigenvalue weighted by molar-refractivity contribution is 5.74.